The molecule has 0 saturated carbocycles. The summed E-state index contributed by atoms with van der Waals surface area (Å²) < 4.78 is 16.3. The van der Waals surface area contributed by atoms with E-state index in [1.165, 1.54) is 10.4 Å². The van der Waals surface area contributed by atoms with E-state index in [9.17, 15) is 4.79 Å². The van der Waals surface area contributed by atoms with E-state index in [1.54, 1.807) is 24.5 Å². The number of benzene rings is 1. The number of carbonyl (C=O) groups excluding carboxylic acids is 1. The molecule has 0 unspecified atom stereocenters. The lowest BCUT2D eigenvalue weighted by atomic mass is 10.2. The van der Waals surface area contributed by atoms with Crippen molar-refractivity contribution in [3.05, 3.63) is 40.0 Å². The van der Waals surface area contributed by atoms with Gasteiger partial charge in [-0.2, -0.15) is 0 Å². The first-order valence-electron chi connectivity index (χ1n) is 10.8. The number of thiophene rings is 1. The Morgan fingerprint density at radius 2 is 2.03 bits per heavy atom. The molecule has 3 aromatic rings. The first-order valence-corrected chi connectivity index (χ1v) is 11.6. The number of aromatic nitrogens is 2. The van der Waals surface area contributed by atoms with Crippen molar-refractivity contribution in [3.63, 3.8) is 0 Å². The highest BCUT2D eigenvalue weighted by atomic mass is 32.1. The number of ether oxygens (including phenoxy) is 3. The highest BCUT2D eigenvalue weighted by Crippen LogP contribution is 2.34. The highest BCUT2D eigenvalue weighted by Gasteiger charge is 2.18. The van der Waals surface area contributed by atoms with Crippen LogP contribution in [0.4, 0.5) is 5.82 Å². The van der Waals surface area contributed by atoms with E-state index in [0.717, 1.165) is 53.7 Å². The number of anilines is 1. The number of hydrogen-bond acceptors (Lipinski definition) is 9. The Labute approximate surface area is 196 Å². The number of rotatable bonds is 9. The maximum absolute atomic E-state index is 11.0. The van der Waals surface area contributed by atoms with E-state index in [2.05, 4.69) is 24.1 Å². The molecule has 9 nitrogen and oxygen atoms in total. The Balaban J connectivity index is 1.56. The number of hydrogen-bond donors (Lipinski definition) is 2. The molecule has 1 saturated heterocycles. The van der Waals surface area contributed by atoms with Crippen molar-refractivity contribution in [3.8, 4) is 11.5 Å². The van der Waals surface area contributed by atoms with Gasteiger partial charge in [0.25, 0.3) is 5.91 Å². The number of nitrogens with one attached hydrogen (secondary N) is 1. The minimum atomic E-state index is -0.537. The predicted octanol–water partition coefficient (Wildman–Crippen LogP) is 2.63. The van der Waals surface area contributed by atoms with Crippen molar-refractivity contribution >= 4 is 33.3 Å². The van der Waals surface area contributed by atoms with Crippen LogP contribution in [-0.4, -0.2) is 60.8 Å². The van der Waals surface area contributed by atoms with Gasteiger partial charge in [0, 0.05) is 24.5 Å². The zero-order valence-corrected chi connectivity index (χ0v) is 20.0. The largest absolute Gasteiger partial charge is 0.493 e. The first-order chi connectivity index (χ1) is 15.9. The zero-order chi connectivity index (χ0) is 23.4. The summed E-state index contributed by atoms with van der Waals surface area (Å²) in [5.74, 6) is 2.12. The van der Waals surface area contributed by atoms with Crippen molar-refractivity contribution in [2.45, 2.75) is 26.9 Å². The van der Waals surface area contributed by atoms with E-state index < -0.39 is 5.91 Å². The molecule has 2 aromatic heterocycles. The second kappa shape index (κ2) is 10.3. The van der Waals surface area contributed by atoms with E-state index >= 15 is 0 Å². The second-order valence-electron chi connectivity index (χ2n) is 7.93. The van der Waals surface area contributed by atoms with Gasteiger partial charge in [-0.15, -0.1) is 11.3 Å². The maximum Gasteiger partial charge on any atom is 0.255 e. The fourth-order valence-electron chi connectivity index (χ4n) is 3.73. The first kappa shape index (κ1) is 23.2. The number of morpholine rings is 1. The predicted molar refractivity (Wildman–Crippen MR) is 128 cm³/mol. The van der Waals surface area contributed by atoms with Crippen molar-refractivity contribution < 1.29 is 19.0 Å². The van der Waals surface area contributed by atoms with Gasteiger partial charge in [0.15, 0.2) is 18.1 Å². The van der Waals surface area contributed by atoms with Crippen LogP contribution < -0.4 is 20.5 Å². The molecule has 1 fully saturated rings. The van der Waals surface area contributed by atoms with Gasteiger partial charge >= 0.3 is 0 Å². The Bertz CT molecular complexity index is 1140. The van der Waals surface area contributed by atoms with Crippen molar-refractivity contribution in [2.75, 3.05) is 45.3 Å². The summed E-state index contributed by atoms with van der Waals surface area (Å²) in [4.78, 5) is 25.3. The van der Waals surface area contributed by atoms with Crippen molar-refractivity contribution in [1.29, 1.82) is 0 Å². The molecule has 176 valence electrons. The molecule has 1 aromatic carbocycles. The highest BCUT2D eigenvalue weighted by molar-refractivity contribution is 7.18. The van der Waals surface area contributed by atoms with E-state index in [1.807, 2.05) is 12.1 Å². The van der Waals surface area contributed by atoms with Gasteiger partial charge in [0.05, 0.1) is 32.3 Å². The van der Waals surface area contributed by atoms with Crippen LogP contribution in [0.5, 0.6) is 11.5 Å². The molecule has 0 radical (unpaired) electrons. The molecule has 3 N–H and O–H groups in total. The number of carbonyl (C=O) groups is 1. The molecule has 3 heterocycles. The van der Waals surface area contributed by atoms with Gasteiger partial charge in [-0.25, -0.2) is 9.97 Å². The van der Waals surface area contributed by atoms with Gasteiger partial charge in [0.2, 0.25) is 0 Å². The zero-order valence-electron chi connectivity index (χ0n) is 19.1. The summed E-state index contributed by atoms with van der Waals surface area (Å²) in [5.41, 5.74) is 7.36. The average Bonchev–Trinajstić information content (AvgIpc) is 3.10. The Hall–Kier alpha value is -2.95. The number of nitrogens with zero attached hydrogens (tertiary/aromatic N) is 3. The van der Waals surface area contributed by atoms with Crippen LogP contribution in [0.2, 0.25) is 0 Å². The topological polar surface area (TPSA) is 112 Å². The third-order valence-corrected chi connectivity index (χ3v) is 6.70. The van der Waals surface area contributed by atoms with Gasteiger partial charge in [-0.3, -0.25) is 9.69 Å². The van der Waals surface area contributed by atoms with Gasteiger partial charge in [0.1, 0.15) is 16.5 Å². The fourth-order valence-corrected chi connectivity index (χ4v) is 4.78. The standard InChI is InChI=1S/C23H29N5O4S/c1-14-15(2)33-23-21(14)22(26-20(27-23)12-28-6-8-31-9-7-28)25-11-16-4-5-17(18(10-16)30-3)32-13-19(24)29/h4-5,10H,6-9,11-13H2,1-3H3,(H2,24,29)(H,25,26,27). The summed E-state index contributed by atoms with van der Waals surface area (Å²) in [6, 6.07) is 5.57. The lowest BCUT2D eigenvalue weighted by molar-refractivity contribution is -0.119. The molecular weight excluding hydrogens is 442 g/mol. The van der Waals surface area contributed by atoms with Crippen LogP contribution >= 0.6 is 11.3 Å². The molecular formula is C23H29N5O4S. The van der Waals surface area contributed by atoms with E-state index in [-0.39, 0.29) is 6.61 Å². The number of nitrogens with two attached hydrogens (primary N) is 1. The SMILES string of the molecule is COc1cc(CNc2nc(CN3CCOCC3)nc3sc(C)c(C)c23)ccc1OCC(N)=O. The summed E-state index contributed by atoms with van der Waals surface area (Å²) in [6.07, 6.45) is 0. The smallest absolute Gasteiger partial charge is 0.255 e. The van der Waals surface area contributed by atoms with E-state index in [0.29, 0.717) is 24.6 Å². The quantitative estimate of drug-likeness (QED) is 0.490. The van der Waals surface area contributed by atoms with Crippen LogP contribution in [-0.2, 0) is 22.6 Å². The van der Waals surface area contributed by atoms with Crippen molar-refractivity contribution in [2.24, 2.45) is 5.73 Å². The van der Waals surface area contributed by atoms with Crippen LogP contribution in [0.15, 0.2) is 18.2 Å². The Morgan fingerprint density at radius 3 is 2.76 bits per heavy atom. The molecule has 1 aliphatic heterocycles. The van der Waals surface area contributed by atoms with Crippen LogP contribution in [0, 0.1) is 13.8 Å². The number of fused-ring (bicyclic) bond motifs is 1. The third kappa shape index (κ3) is 5.52. The fraction of sp³-hybridized carbons (Fsp3) is 0.435. The Morgan fingerprint density at radius 1 is 1.24 bits per heavy atom. The number of aryl methyl sites for hydroxylation is 2. The molecule has 0 bridgehead atoms. The summed E-state index contributed by atoms with van der Waals surface area (Å²) in [5, 5.41) is 4.56. The minimum absolute atomic E-state index is 0.199. The molecule has 0 atom stereocenters. The molecule has 1 aliphatic rings. The molecule has 1 amide bonds. The van der Waals surface area contributed by atoms with Gasteiger partial charge in [-0.1, -0.05) is 6.07 Å². The molecule has 10 heteroatoms. The van der Waals surface area contributed by atoms with E-state index in [4.69, 9.17) is 29.9 Å². The van der Waals surface area contributed by atoms with Crippen LogP contribution in [0.25, 0.3) is 10.2 Å². The minimum Gasteiger partial charge on any atom is -0.493 e. The maximum atomic E-state index is 11.0. The Kier molecular flexibility index (Phi) is 7.26. The van der Waals surface area contributed by atoms with Crippen LogP contribution in [0.1, 0.15) is 21.8 Å². The van der Waals surface area contributed by atoms with Gasteiger partial charge in [-0.05, 0) is 37.1 Å². The number of methoxy groups -OCH3 is 1. The second-order valence-corrected chi connectivity index (χ2v) is 9.14. The lowest BCUT2D eigenvalue weighted by Crippen LogP contribution is -2.36. The normalized spacial score (nSPS) is 14.4. The number of amides is 1. The monoisotopic (exact) mass is 471 g/mol. The summed E-state index contributed by atoms with van der Waals surface area (Å²) in [7, 11) is 1.56. The number of primary amides is 1. The third-order valence-electron chi connectivity index (χ3n) is 5.60. The average molecular weight is 472 g/mol. The molecule has 4 rings (SSSR count). The molecule has 33 heavy (non-hydrogen) atoms. The lowest BCUT2D eigenvalue weighted by Gasteiger charge is -2.25. The molecule has 0 aliphatic carbocycles. The molecule has 0 spiro atoms. The van der Waals surface area contributed by atoms with Crippen molar-refractivity contribution in [1.82, 2.24) is 14.9 Å². The summed E-state index contributed by atoms with van der Waals surface area (Å²) >= 11 is 1.70. The van der Waals surface area contributed by atoms with Gasteiger partial charge < -0.3 is 25.3 Å². The van der Waals surface area contributed by atoms with Crippen LogP contribution in [0.3, 0.4) is 0 Å². The summed E-state index contributed by atoms with van der Waals surface area (Å²) in [6.45, 7) is 8.52.